The molecule has 1 aromatic heterocycles. The maximum absolute atomic E-state index is 11.6. The maximum Gasteiger partial charge on any atom is 0.328 e. The van der Waals surface area contributed by atoms with Gasteiger partial charge < -0.3 is 14.3 Å². The van der Waals surface area contributed by atoms with E-state index in [4.69, 9.17) is 17.0 Å². The molecule has 0 aromatic carbocycles. The summed E-state index contributed by atoms with van der Waals surface area (Å²) < 4.78 is 7.32. The fourth-order valence-electron chi connectivity index (χ4n) is 1.48. The van der Waals surface area contributed by atoms with E-state index >= 15 is 0 Å². The van der Waals surface area contributed by atoms with Crippen LogP contribution in [0.4, 0.5) is 0 Å². The molecule has 0 saturated carbocycles. The van der Waals surface area contributed by atoms with Gasteiger partial charge in [0.15, 0.2) is 4.77 Å². The number of imidazole rings is 1. The van der Waals surface area contributed by atoms with Crippen molar-refractivity contribution in [3.05, 3.63) is 16.7 Å². The largest absolute Gasteiger partial charge is 0.464 e. The van der Waals surface area contributed by atoms with Crippen LogP contribution < -0.4 is 0 Å². The normalized spacial score (nSPS) is 12.5. The summed E-state index contributed by atoms with van der Waals surface area (Å²) in [5.74, 6) is -0.247. The van der Waals surface area contributed by atoms with Crippen molar-refractivity contribution < 1.29 is 9.53 Å². The molecule has 0 spiro atoms. The molecule has 0 saturated heterocycles. The second-order valence-corrected chi connectivity index (χ2v) is 3.62. The lowest BCUT2D eigenvalue weighted by molar-refractivity contribution is -0.146. The molecule has 0 amide bonds. The third-order valence-electron chi connectivity index (χ3n) is 2.27. The monoisotopic (exact) mass is 228 g/mol. The minimum Gasteiger partial charge on any atom is -0.464 e. The highest BCUT2D eigenvalue weighted by Crippen LogP contribution is 2.13. The van der Waals surface area contributed by atoms with Crippen LogP contribution >= 0.6 is 12.2 Å². The topological polar surface area (TPSA) is 47.0 Å². The highest BCUT2D eigenvalue weighted by atomic mass is 32.1. The number of rotatable bonds is 4. The van der Waals surface area contributed by atoms with Crippen molar-refractivity contribution in [3.8, 4) is 0 Å². The maximum atomic E-state index is 11.6. The fraction of sp³-hybridized carbons (Fsp3) is 0.600. The molecule has 4 nitrogen and oxygen atoms in total. The van der Waals surface area contributed by atoms with Crippen molar-refractivity contribution in [1.29, 1.82) is 0 Å². The molecule has 5 heteroatoms. The van der Waals surface area contributed by atoms with Gasteiger partial charge in [-0.15, -0.1) is 0 Å². The van der Waals surface area contributed by atoms with Crippen molar-refractivity contribution >= 4 is 18.2 Å². The number of H-pyrrole nitrogens is 1. The molecule has 1 rings (SSSR count). The number of aromatic nitrogens is 2. The van der Waals surface area contributed by atoms with Crippen LogP contribution in [0.15, 0.2) is 6.20 Å². The molecule has 0 aliphatic carbocycles. The van der Waals surface area contributed by atoms with E-state index in [0.717, 1.165) is 12.1 Å². The van der Waals surface area contributed by atoms with Crippen molar-refractivity contribution in [1.82, 2.24) is 9.55 Å². The van der Waals surface area contributed by atoms with E-state index in [9.17, 15) is 4.79 Å². The standard InChI is InChI=1S/C10H16N2O2S/c1-4-8-6-11-10(15)12(8)7(3)9(13)14-5-2/h6-7H,4-5H2,1-3H3,(H,11,15). The Labute approximate surface area is 94.3 Å². The highest BCUT2D eigenvalue weighted by molar-refractivity contribution is 7.71. The Morgan fingerprint density at radius 3 is 2.87 bits per heavy atom. The lowest BCUT2D eigenvalue weighted by atomic mass is 10.3. The zero-order valence-corrected chi connectivity index (χ0v) is 10.1. The van der Waals surface area contributed by atoms with Gasteiger partial charge >= 0.3 is 5.97 Å². The van der Waals surface area contributed by atoms with Crippen LogP contribution in [-0.2, 0) is 16.0 Å². The van der Waals surface area contributed by atoms with Gasteiger partial charge in [0.2, 0.25) is 0 Å². The first-order chi connectivity index (χ1) is 7.11. The second kappa shape index (κ2) is 5.11. The molecule has 1 unspecified atom stereocenters. The number of hydrogen-bond donors (Lipinski definition) is 1. The number of aryl methyl sites for hydroxylation is 1. The lowest BCUT2D eigenvalue weighted by Gasteiger charge is -2.14. The number of hydrogen-bond acceptors (Lipinski definition) is 3. The van der Waals surface area contributed by atoms with Crippen molar-refractivity contribution in [2.45, 2.75) is 33.2 Å². The summed E-state index contributed by atoms with van der Waals surface area (Å²) in [4.78, 5) is 14.5. The first-order valence-corrected chi connectivity index (χ1v) is 5.48. The molecule has 1 aromatic rings. The summed E-state index contributed by atoms with van der Waals surface area (Å²) >= 11 is 5.12. The van der Waals surface area contributed by atoms with Crippen LogP contribution in [0, 0.1) is 4.77 Å². The van der Waals surface area contributed by atoms with Gasteiger partial charge in [-0.2, -0.15) is 0 Å². The number of nitrogens with one attached hydrogen (secondary N) is 1. The summed E-state index contributed by atoms with van der Waals surface area (Å²) in [6.45, 7) is 6.00. The summed E-state index contributed by atoms with van der Waals surface area (Å²) in [5.41, 5.74) is 1.01. The molecule has 0 aliphatic heterocycles. The molecule has 0 bridgehead atoms. The molecule has 84 valence electrons. The van der Waals surface area contributed by atoms with Crippen molar-refractivity contribution in [2.24, 2.45) is 0 Å². The summed E-state index contributed by atoms with van der Waals surface area (Å²) in [6, 6.07) is -0.362. The quantitative estimate of drug-likeness (QED) is 0.635. The summed E-state index contributed by atoms with van der Waals surface area (Å²) in [7, 11) is 0. The summed E-state index contributed by atoms with van der Waals surface area (Å²) in [5, 5.41) is 0. The first-order valence-electron chi connectivity index (χ1n) is 5.07. The average molecular weight is 228 g/mol. The number of esters is 1. The highest BCUT2D eigenvalue weighted by Gasteiger charge is 2.18. The fourth-order valence-corrected chi connectivity index (χ4v) is 1.81. The number of carbonyl (C=O) groups excluding carboxylic acids is 1. The molecule has 1 atom stereocenters. The van der Waals surface area contributed by atoms with E-state index in [1.54, 1.807) is 18.4 Å². The van der Waals surface area contributed by atoms with Crippen LogP contribution in [-0.4, -0.2) is 22.1 Å². The lowest BCUT2D eigenvalue weighted by Crippen LogP contribution is -2.20. The van der Waals surface area contributed by atoms with Crippen LogP contribution in [0.1, 0.15) is 32.5 Å². The molecule has 1 heterocycles. The molecule has 0 radical (unpaired) electrons. The minimum absolute atomic E-state index is 0.247. The van der Waals surface area contributed by atoms with Gasteiger partial charge in [0.1, 0.15) is 6.04 Å². The SMILES string of the molecule is CCOC(=O)C(C)n1c(CC)c[nH]c1=S. The van der Waals surface area contributed by atoms with Gasteiger partial charge in [0.05, 0.1) is 6.61 Å². The van der Waals surface area contributed by atoms with Gasteiger partial charge in [-0.1, -0.05) is 6.92 Å². The Bertz CT molecular complexity index is 394. The Hall–Kier alpha value is -1.10. The molecular weight excluding hydrogens is 212 g/mol. The third-order valence-corrected chi connectivity index (χ3v) is 2.58. The van der Waals surface area contributed by atoms with Crippen LogP contribution in [0.2, 0.25) is 0 Å². The van der Waals surface area contributed by atoms with E-state index in [-0.39, 0.29) is 12.0 Å². The molecule has 0 fully saturated rings. The predicted molar refractivity (Wildman–Crippen MR) is 60.3 cm³/mol. The second-order valence-electron chi connectivity index (χ2n) is 3.24. The van der Waals surface area contributed by atoms with Crippen molar-refractivity contribution in [3.63, 3.8) is 0 Å². The Morgan fingerprint density at radius 1 is 1.67 bits per heavy atom. The number of carbonyl (C=O) groups is 1. The zero-order chi connectivity index (χ0) is 11.4. The van der Waals surface area contributed by atoms with E-state index < -0.39 is 0 Å². The molecule has 15 heavy (non-hydrogen) atoms. The van der Waals surface area contributed by atoms with Gasteiger partial charge in [-0.25, -0.2) is 4.79 Å². The minimum atomic E-state index is -0.362. The molecular formula is C10H16N2O2S. The van der Waals surface area contributed by atoms with Crippen LogP contribution in [0.25, 0.3) is 0 Å². The van der Waals surface area contributed by atoms with Gasteiger partial charge in [-0.05, 0) is 32.5 Å². The molecule has 1 N–H and O–H groups in total. The smallest absolute Gasteiger partial charge is 0.328 e. The number of aromatic amines is 1. The average Bonchev–Trinajstić information content (AvgIpc) is 2.58. The van der Waals surface area contributed by atoms with Crippen molar-refractivity contribution in [2.75, 3.05) is 6.61 Å². The van der Waals surface area contributed by atoms with E-state index in [1.807, 2.05) is 13.1 Å². The van der Waals surface area contributed by atoms with Gasteiger partial charge in [-0.3, -0.25) is 0 Å². The number of nitrogens with zero attached hydrogens (tertiary/aromatic N) is 1. The Morgan fingerprint density at radius 2 is 2.33 bits per heavy atom. The van der Waals surface area contributed by atoms with E-state index in [1.165, 1.54) is 0 Å². The van der Waals surface area contributed by atoms with Crippen LogP contribution in [0.5, 0.6) is 0 Å². The number of ether oxygens (including phenoxy) is 1. The van der Waals surface area contributed by atoms with Gasteiger partial charge in [0, 0.05) is 11.9 Å². The Kier molecular flexibility index (Phi) is 4.08. The van der Waals surface area contributed by atoms with E-state index in [2.05, 4.69) is 4.98 Å². The first kappa shape index (κ1) is 12.0. The molecule has 0 aliphatic rings. The Balaban J connectivity index is 2.99. The third kappa shape index (κ3) is 2.47. The zero-order valence-electron chi connectivity index (χ0n) is 9.24. The van der Waals surface area contributed by atoms with Crippen LogP contribution in [0.3, 0.4) is 0 Å². The van der Waals surface area contributed by atoms with E-state index in [0.29, 0.717) is 11.4 Å². The summed E-state index contributed by atoms with van der Waals surface area (Å²) in [6.07, 6.45) is 2.66. The van der Waals surface area contributed by atoms with Gasteiger partial charge in [0.25, 0.3) is 0 Å². The predicted octanol–water partition coefficient (Wildman–Crippen LogP) is 2.23.